The van der Waals surface area contributed by atoms with Gasteiger partial charge in [-0.2, -0.15) is 0 Å². The van der Waals surface area contributed by atoms with Crippen molar-refractivity contribution in [1.29, 1.82) is 0 Å². The molecule has 1 aliphatic carbocycles. The van der Waals surface area contributed by atoms with Crippen LogP contribution in [-0.4, -0.2) is 12.0 Å². The fourth-order valence-electron chi connectivity index (χ4n) is 2.70. The molecule has 3 rings (SSSR count). The summed E-state index contributed by atoms with van der Waals surface area (Å²) in [6, 6.07) is 14.0. The third-order valence-corrected chi connectivity index (χ3v) is 4.51. The first kappa shape index (κ1) is 12.5. The summed E-state index contributed by atoms with van der Waals surface area (Å²) in [5, 5.41) is 0. The summed E-state index contributed by atoms with van der Waals surface area (Å²) >= 11 is 1.62. The van der Waals surface area contributed by atoms with Crippen molar-refractivity contribution in [2.45, 2.75) is 24.2 Å². The molecule has 0 saturated carbocycles. The van der Waals surface area contributed by atoms with Crippen LogP contribution in [0.15, 0.2) is 47.4 Å². The number of carbonyl (C=O) groups excluding carboxylic acids is 1. The van der Waals surface area contributed by atoms with Crippen LogP contribution in [0.2, 0.25) is 0 Å². The number of hydrogen-bond acceptors (Lipinski definition) is 2. The highest BCUT2D eigenvalue weighted by atomic mass is 32.2. The van der Waals surface area contributed by atoms with Crippen LogP contribution in [0.1, 0.15) is 33.5 Å². The van der Waals surface area contributed by atoms with E-state index >= 15 is 0 Å². The van der Waals surface area contributed by atoms with Crippen LogP contribution in [0.5, 0.6) is 0 Å². The van der Waals surface area contributed by atoms with Crippen molar-refractivity contribution in [3.63, 3.8) is 0 Å². The Hall–Kier alpha value is -1.54. The Morgan fingerprint density at radius 3 is 2.68 bits per heavy atom. The number of carbonyl (C=O) groups is 1. The van der Waals surface area contributed by atoms with Gasteiger partial charge in [0.05, 0.1) is 0 Å². The van der Waals surface area contributed by atoms with E-state index in [2.05, 4.69) is 12.1 Å². The summed E-state index contributed by atoms with van der Waals surface area (Å²) in [5.41, 5.74) is 4.40. The third kappa shape index (κ3) is 2.33. The van der Waals surface area contributed by atoms with Crippen molar-refractivity contribution in [2.75, 3.05) is 6.26 Å². The van der Waals surface area contributed by atoms with E-state index in [0.29, 0.717) is 0 Å². The minimum Gasteiger partial charge on any atom is -0.289 e. The Morgan fingerprint density at radius 2 is 1.84 bits per heavy atom. The highest BCUT2D eigenvalue weighted by Crippen LogP contribution is 2.26. The average molecular weight is 268 g/mol. The van der Waals surface area contributed by atoms with Gasteiger partial charge in [-0.15, -0.1) is 11.8 Å². The van der Waals surface area contributed by atoms with Gasteiger partial charge < -0.3 is 0 Å². The van der Waals surface area contributed by atoms with Gasteiger partial charge in [-0.1, -0.05) is 24.3 Å². The predicted octanol–water partition coefficient (Wildman–Crippen LogP) is 4.13. The third-order valence-electron chi connectivity index (χ3n) is 3.71. The minimum atomic E-state index is 0.139. The zero-order chi connectivity index (χ0) is 13.2. The number of fused-ring (bicyclic) bond motifs is 1. The first-order chi connectivity index (χ1) is 9.29. The number of benzene rings is 2. The number of rotatable bonds is 3. The lowest BCUT2D eigenvalue weighted by Crippen LogP contribution is -2.03. The van der Waals surface area contributed by atoms with Gasteiger partial charge in [0.15, 0.2) is 5.78 Å². The van der Waals surface area contributed by atoms with Crippen LogP contribution in [0.4, 0.5) is 0 Å². The molecule has 19 heavy (non-hydrogen) atoms. The second-order valence-electron chi connectivity index (χ2n) is 4.87. The molecule has 1 nitrogen and oxygen atoms in total. The molecular weight excluding hydrogens is 252 g/mol. The van der Waals surface area contributed by atoms with E-state index in [1.54, 1.807) is 11.8 Å². The molecule has 0 unspecified atom stereocenters. The first-order valence-electron chi connectivity index (χ1n) is 6.59. The van der Waals surface area contributed by atoms with Crippen molar-refractivity contribution in [1.82, 2.24) is 0 Å². The van der Waals surface area contributed by atoms with Gasteiger partial charge in [-0.05, 0) is 54.8 Å². The molecule has 2 aromatic rings. The molecule has 1 aliphatic rings. The maximum Gasteiger partial charge on any atom is 0.194 e. The van der Waals surface area contributed by atoms with Crippen molar-refractivity contribution in [3.8, 4) is 0 Å². The second-order valence-corrected chi connectivity index (χ2v) is 5.71. The molecule has 0 spiro atoms. The Kier molecular flexibility index (Phi) is 3.43. The number of thioether (sulfide) groups is 1. The second kappa shape index (κ2) is 5.22. The maximum atomic E-state index is 12.6. The summed E-state index contributed by atoms with van der Waals surface area (Å²) in [7, 11) is 0. The molecule has 0 aliphatic heterocycles. The monoisotopic (exact) mass is 268 g/mol. The van der Waals surface area contributed by atoms with E-state index in [-0.39, 0.29) is 5.78 Å². The fourth-order valence-corrected chi connectivity index (χ4v) is 3.30. The van der Waals surface area contributed by atoms with Gasteiger partial charge in [-0.3, -0.25) is 4.79 Å². The lowest BCUT2D eigenvalue weighted by molar-refractivity contribution is 0.103. The van der Waals surface area contributed by atoms with E-state index in [1.165, 1.54) is 17.5 Å². The molecule has 0 amide bonds. The van der Waals surface area contributed by atoms with Crippen molar-refractivity contribution >= 4 is 17.5 Å². The maximum absolute atomic E-state index is 12.6. The SMILES string of the molecule is CSc1ccccc1C(=O)c1ccc2c(c1)CCC2. The van der Waals surface area contributed by atoms with E-state index in [4.69, 9.17) is 0 Å². The van der Waals surface area contributed by atoms with Gasteiger partial charge in [0, 0.05) is 16.0 Å². The van der Waals surface area contributed by atoms with E-state index in [0.717, 1.165) is 28.9 Å². The van der Waals surface area contributed by atoms with Crippen molar-refractivity contribution in [3.05, 3.63) is 64.7 Å². The minimum absolute atomic E-state index is 0.139. The molecule has 0 aromatic heterocycles. The Balaban J connectivity index is 2.00. The van der Waals surface area contributed by atoms with Gasteiger partial charge in [0.1, 0.15) is 0 Å². The van der Waals surface area contributed by atoms with E-state index < -0.39 is 0 Å². The molecule has 0 bridgehead atoms. The standard InChI is InChI=1S/C17H16OS/c1-19-16-8-3-2-7-15(16)17(18)14-10-9-12-5-4-6-13(12)11-14/h2-3,7-11H,4-6H2,1H3. The van der Waals surface area contributed by atoms with Crippen molar-refractivity contribution < 1.29 is 4.79 Å². The lowest BCUT2D eigenvalue weighted by atomic mass is 9.99. The molecule has 0 heterocycles. The Morgan fingerprint density at radius 1 is 1.05 bits per heavy atom. The van der Waals surface area contributed by atoms with Crippen LogP contribution in [0, 0.1) is 0 Å². The van der Waals surface area contributed by atoms with Crippen LogP contribution in [0.3, 0.4) is 0 Å². The molecule has 0 radical (unpaired) electrons. The van der Waals surface area contributed by atoms with E-state index in [1.807, 2.05) is 36.6 Å². The Labute approximate surface area is 118 Å². The number of ketones is 1. The molecule has 0 saturated heterocycles. The molecule has 0 atom stereocenters. The highest BCUT2D eigenvalue weighted by Gasteiger charge is 2.16. The quantitative estimate of drug-likeness (QED) is 0.615. The van der Waals surface area contributed by atoms with E-state index in [9.17, 15) is 4.79 Å². The van der Waals surface area contributed by atoms with Crippen LogP contribution in [0.25, 0.3) is 0 Å². The fraction of sp³-hybridized carbons (Fsp3) is 0.235. The molecule has 96 valence electrons. The smallest absolute Gasteiger partial charge is 0.194 e. The molecule has 0 fully saturated rings. The number of hydrogen-bond donors (Lipinski definition) is 0. The normalized spacial score (nSPS) is 13.3. The largest absolute Gasteiger partial charge is 0.289 e. The Bertz CT molecular complexity index is 631. The predicted molar refractivity (Wildman–Crippen MR) is 80.1 cm³/mol. The first-order valence-corrected chi connectivity index (χ1v) is 7.81. The summed E-state index contributed by atoms with van der Waals surface area (Å²) in [5.74, 6) is 0.139. The summed E-state index contributed by atoms with van der Waals surface area (Å²) in [6.45, 7) is 0. The highest BCUT2D eigenvalue weighted by molar-refractivity contribution is 7.98. The van der Waals surface area contributed by atoms with Crippen molar-refractivity contribution in [2.24, 2.45) is 0 Å². The molecule has 0 N–H and O–H groups in total. The van der Waals surface area contributed by atoms with Gasteiger partial charge >= 0.3 is 0 Å². The zero-order valence-electron chi connectivity index (χ0n) is 11.0. The lowest BCUT2D eigenvalue weighted by Gasteiger charge is -2.08. The van der Waals surface area contributed by atoms with Crippen LogP contribution < -0.4 is 0 Å². The van der Waals surface area contributed by atoms with Crippen LogP contribution >= 0.6 is 11.8 Å². The summed E-state index contributed by atoms with van der Waals surface area (Å²) in [6.07, 6.45) is 5.50. The molecule has 2 aromatic carbocycles. The summed E-state index contributed by atoms with van der Waals surface area (Å²) in [4.78, 5) is 13.7. The number of aryl methyl sites for hydroxylation is 2. The average Bonchev–Trinajstić information content (AvgIpc) is 2.93. The van der Waals surface area contributed by atoms with Crippen LogP contribution in [-0.2, 0) is 12.8 Å². The topological polar surface area (TPSA) is 17.1 Å². The molecule has 2 heteroatoms. The van der Waals surface area contributed by atoms with Gasteiger partial charge in [0.25, 0.3) is 0 Å². The summed E-state index contributed by atoms with van der Waals surface area (Å²) < 4.78 is 0. The molecular formula is C17H16OS. The van der Waals surface area contributed by atoms with Gasteiger partial charge in [0.2, 0.25) is 0 Å². The van der Waals surface area contributed by atoms with Gasteiger partial charge in [-0.25, -0.2) is 0 Å². The zero-order valence-corrected chi connectivity index (χ0v) is 11.8.